The highest BCUT2D eigenvalue weighted by atomic mass is 16.7. The Morgan fingerprint density at radius 3 is 2.16 bits per heavy atom. The minimum Gasteiger partial charge on any atom is -0.351 e. The van der Waals surface area contributed by atoms with E-state index in [2.05, 4.69) is 12.2 Å². The van der Waals surface area contributed by atoms with E-state index in [-0.39, 0.29) is 12.2 Å². The van der Waals surface area contributed by atoms with Gasteiger partial charge in [0.1, 0.15) is 0 Å². The van der Waals surface area contributed by atoms with Gasteiger partial charge in [-0.05, 0) is 38.0 Å². The smallest absolute Gasteiger partial charge is 0.251 e. The van der Waals surface area contributed by atoms with Gasteiger partial charge in [-0.1, -0.05) is 19.1 Å². The summed E-state index contributed by atoms with van der Waals surface area (Å²) in [6.45, 7) is 7.37. The van der Waals surface area contributed by atoms with Gasteiger partial charge in [-0.25, -0.2) is 0 Å². The van der Waals surface area contributed by atoms with Crippen molar-refractivity contribution in [2.45, 2.75) is 33.5 Å². The standard InChI is InChI=1S/C15H23NO3/c1-4-12-7-9-13(10-8-12)15(17)16-11-14(18-5-2)19-6-3/h7-10,14H,4-6,11H2,1-3H3,(H,16,17). The van der Waals surface area contributed by atoms with E-state index in [0.29, 0.717) is 25.3 Å². The molecule has 0 aromatic heterocycles. The van der Waals surface area contributed by atoms with E-state index < -0.39 is 0 Å². The molecule has 0 saturated heterocycles. The van der Waals surface area contributed by atoms with E-state index in [1.165, 1.54) is 5.56 Å². The molecule has 106 valence electrons. The van der Waals surface area contributed by atoms with Gasteiger partial charge in [-0.2, -0.15) is 0 Å². The fourth-order valence-corrected chi connectivity index (χ4v) is 1.71. The Hall–Kier alpha value is -1.39. The SMILES string of the molecule is CCOC(CNC(=O)c1ccc(CC)cc1)OCC. The normalized spacial score (nSPS) is 10.7. The van der Waals surface area contributed by atoms with Gasteiger partial charge in [-0.3, -0.25) is 4.79 Å². The van der Waals surface area contributed by atoms with Crippen molar-refractivity contribution >= 4 is 5.91 Å². The third kappa shape index (κ3) is 5.41. The summed E-state index contributed by atoms with van der Waals surface area (Å²) in [5, 5.41) is 2.82. The molecule has 0 saturated carbocycles. The number of ether oxygens (including phenoxy) is 2. The maximum atomic E-state index is 11.9. The average Bonchev–Trinajstić information content (AvgIpc) is 2.45. The summed E-state index contributed by atoms with van der Waals surface area (Å²) in [6, 6.07) is 7.62. The number of carbonyl (C=O) groups is 1. The van der Waals surface area contributed by atoms with E-state index in [9.17, 15) is 4.79 Å². The third-order valence-electron chi connectivity index (χ3n) is 2.76. The van der Waals surface area contributed by atoms with E-state index in [4.69, 9.17) is 9.47 Å². The molecule has 0 heterocycles. The zero-order valence-electron chi connectivity index (χ0n) is 11.9. The summed E-state index contributed by atoms with van der Waals surface area (Å²) < 4.78 is 10.7. The molecule has 0 aliphatic carbocycles. The molecule has 4 heteroatoms. The molecule has 0 unspecified atom stereocenters. The van der Waals surface area contributed by atoms with Gasteiger partial charge in [0.15, 0.2) is 6.29 Å². The van der Waals surface area contributed by atoms with Crippen LogP contribution < -0.4 is 5.32 Å². The maximum Gasteiger partial charge on any atom is 0.251 e. The van der Waals surface area contributed by atoms with Crippen LogP contribution in [0.5, 0.6) is 0 Å². The molecule has 0 spiro atoms. The first-order valence-corrected chi connectivity index (χ1v) is 6.81. The molecule has 0 aliphatic heterocycles. The molecule has 0 bridgehead atoms. The summed E-state index contributed by atoms with van der Waals surface area (Å²) >= 11 is 0. The van der Waals surface area contributed by atoms with Gasteiger partial charge < -0.3 is 14.8 Å². The topological polar surface area (TPSA) is 47.6 Å². The summed E-state index contributed by atoms with van der Waals surface area (Å²) in [4.78, 5) is 11.9. The molecule has 0 aliphatic rings. The highest BCUT2D eigenvalue weighted by Crippen LogP contribution is 2.05. The zero-order chi connectivity index (χ0) is 14.1. The van der Waals surface area contributed by atoms with Crippen molar-refractivity contribution in [2.24, 2.45) is 0 Å². The van der Waals surface area contributed by atoms with Crippen LogP contribution in [0.4, 0.5) is 0 Å². The predicted molar refractivity (Wildman–Crippen MR) is 75.2 cm³/mol. The lowest BCUT2D eigenvalue weighted by Crippen LogP contribution is -2.35. The fourth-order valence-electron chi connectivity index (χ4n) is 1.71. The highest BCUT2D eigenvalue weighted by Gasteiger charge is 2.11. The van der Waals surface area contributed by atoms with Crippen molar-refractivity contribution in [3.05, 3.63) is 35.4 Å². The van der Waals surface area contributed by atoms with E-state index >= 15 is 0 Å². The van der Waals surface area contributed by atoms with E-state index in [1.807, 2.05) is 38.1 Å². The number of benzene rings is 1. The van der Waals surface area contributed by atoms with Crippen molar-refractivity contribution < 1.29 is 14.3 Å². The van der Waals surface area contributed by atoms with Gasteiger partial charge in [0, 0.05) is 18.8 Å². The summed E-state index contributed by atoms with van der Waals surface area (Å²) in [6.07, 6.45) is 0.590. The van der Waals surface area contributed by atoms with Crippen LogP contribution in [0.15, 0.2) is 24.3 Å². The first-order valence-electron chi connectivity index (χ1n) is 6.81. The third-order valence-corrected chi connectivity index (χ3v) is 2.76. The van der Waals surface area contributed by atoms with Gasteiger partial charge in [0.25, 0.3) is 5.91 Å². The Morgan fingerprint density at radius 2 is 1.68 bits per heavy atom. The Bertz CT molecular complexity index is 369. The molecule has 19 heavy (non-hydrogen) atoms. The second kappa shape index (κ2) is 8.67. The molecule has 1 N–H and O–H groups in total. The van der Waals surface area contributed by atoms with E-state index in [0.717, 1.165) is 6.42 Å². The number of amides is 1. The van der Waals surface area contributed by atoms with Crippen LogP contribution in [0.3, 0.4) is 0 Å². The first-order chi connectivity index (χ1) is 9.21. The van der Waals surface area contributed by atoms with Crippen molar-refractivity contribution in [3.8, 4) is 0 Å². The summed E-state index contributed by atoms with van der Waals surface area (Å²) in [5.41, 5.74) is 1.88. The Morgan fingerprint density at radius 1 is 1.11 bits per heavy atom. The molecule has 1 aromatic carbocycles. The monoisotopic (exact) mass is 265 g/mol. The number of nitrogens with one attached hydrogen (secondary N) is 1. The minimum atomic E-state index is -0.381. The van der Waals surface area contributed by atoms with Crippen molar-refractivity contribution in [1.29, 1.82) is 0 Å². The predicted octanol–water partition coefficient (Wildman–Crippen LogP) is 2.38. The molecule has 0 atom stereocenters. The first kappa shape index (κ1) is 15.7. The van der Waals surface area contributed by atoms with Crippen LogP contribution in [0, 0.1) is 0 Å². The van der Waals surface area contributed by atoms with Gasteiger partial charge >= 0.3 is 0 Å². The van der Waals surface area contributed by atoms with Crippen molar-refractivity contribution in [2.75, 3.05) is 19.8 Å². The lowest BCUT2D eigenvalue weighted by atomic mass is 10.1. The van der Waals surface area contributed by atoms with Crippen LogP contribution in [0.1, 0.15) is 36.7 Å². The number of carbonyl (C=O) groups excluding carboxylic acids is 1. The van der Waals surface area contributed by atoms with E-state index in [1.54, 1.807) is 0 Å². The quantitative estimate of drug-likeness (QED) is 0.734. The molecule has 4 nitrogen and oxygen atoms in total. The van der Waals surface area contributed by atoms with Gasteiger partial charge in [0.2, 0.25) is 0 Å². The highest BCUT2D eigenvalue weighted by molar-refractivity contribution is 5.94. The summed E-state index contributed by atoms with van der Waals surface area (Å²) in [5.74, 6) is -0.105. The Kier molecular flexibility index (Phi) is 7.15. The lowest BCUT2D eigenvalue weighted by molar-refractivity contribution is -0.131. The second-order valence-corrected chi connectivity index (χ2v) is 4.10. The van der Waals surface area contributed by atoms with Crippen LogP contribution in [0.2, 0.25) is 0 Å². The van der Waals surface area contributed by atoms with Gasteiger partial charge in [0.05, 0.1) is 6.54 Å². The number of hydrogen-bond donors (Lipinski definition) is 1. The number of rotatable bonds is 8. The fraction of sp³-hybridized carbons (Fsp3) is 0.533. The summed E-state index contributed by atoms with van der Waals surface area (Å²) in [7, 11) is 0. The largest absolute Gasteiger partial charge is 0.351 e. The molecule has 0 radical (unpaired) electrons. The maximum absolute atomic E-state index is 11.9. The second-order valence-electron chi connectivity index (χ2n) is 4.10. The molecule has 1 aromatic rings. The van der Waals surface area contributed by atoms with Crippen LogP contribution in [-0.2, 0) is 15.9 Å². The zero-order valence-corrected chi connectivity index (χ0v) is 11.9. The van der Waals surface area contributed by atoms with Crippen molar-refractivity contribution in [1.82, 2.24) is 5.32 Å². The lowest BCUT2D eigenvalue weighted by Gasteiger charge is -2.17. The molecule has 1 rings (SSSR count). The molecular formula is C15H23NO3. The Balaban J connectivity index is 2.48. The average molecular weight is 265 g/mol. The molecule has 0 fully saturated rings. The minimum absolute atomic E-state index is 0.105. The van der Waals surface area contributed by atoms with Crippen LogP contribution in [-0.4, -0.2) is 32.0 Å². The van der Waals surface area contributed by atoms with Crippen LogP contribution >= 0.6 is 0 Å². The molecular weight excluding hydrogens is 242 g/mol. The molecule has 1 amide bonds. The number of aryl methyl sites for hydroxylation is 1. The van der Waals surface area contributed by atoms with Crippen molar-refractivity contribution in [3.63, 3.8) is 0 Å². The van der Waals surface area contributed by atoms with Gasteiger partial charge in [-0.15, -0.1) is 0 Å². The Labute approximate surface area is 115 Å². The van der Waals surface area contributed by atoms with Crippen LogP contribution in [0.25, 0.3) is 0 Å². The number of hydrogen-bond acceptors (Lipinski definition) is 3.